The van der Waals surface area contributed by atoms with Gasteiger partial charge in [-0.3, -0.25) is 19.5 Å². The van der Waals surface area contributed by atoms with E-state index in [0.717, 1.165) is 14.7 Å². The van der Waals surface area contributed by atoms with E-state index in [-0.39, 0.29) is 11.3 Å². The Morgan fingerprint density at radius 2 is 1.43 bits per heavy atom. The fourth-order valence-corrected chi connectivity index (χ4v) is 4.33. The van der Waals surface area contributed by atoms with Crippen LogP contribution in [0.15, 0.2) is 88.7 Å². The van der Waals surface area contributed by atoms with E-state index in [1.54, 1.807) is 12.1 Å². The quantitative estimate of drug-likeness (QED) is 0.242. The van der Waals surface area contributed by atoms with Crippen molar-refractivity contribution in [3.05, 3.63) is 132 Å². The molecule has 0 bridgehead atoms. The molecule has 2 unspecified atom stereocenters. The van der Waals surface area contributed by atoms with E-state index in [4.69, 9.17) is 0 Å². The molecule has 0 radical (unpaired) electrons. The van der Waals surface area contributed by atoms with Crippen LogP contribution in [0.2, 0.25) is 0 Å². The Bertz CT molecular complexity index is 1490. The van der Waals surface area contributed by atoms with E-state index >= 15 is 0 Å². The lowest BCUT2D eigenvalue weighted by molar-refractivity contribution is -0.715. The van der Waals surface area contributed by atoms with Crippen LogP contribution in [-0.2, 0) is 14.1 Å². The summed E-state index contributed by atoms with van der Waals surface area (Å²) >= 11 is 0. The first-order valence-electron chi connectivity index (χ1n) is 10.9. The minimum absolute atomic E-state index is 0.0573. The second-order valence-corrected chi connectivity index (χ2v) is 8.43. The number of aryl methyl sites for hydroxylation is 1. The van der Waals surface area contributed by atoms with Crippen molar-refractivity contribution in [1.29, 1.82) is 0 Å². The van der Waals surface area contributed by atoms with Gasteiger partial charge in [0.05, 0.1) is 10.8 Å². The normalized spacial score (nSPS) is 12.8. The maximum Gasteiger partial charge on any atom is 0.329 e. The number of hydrogen-bond donors (Lipinski definition) is 0. The van der Waals surface area contributed by atoms with Gasteiger partial charge >= 0.3 is 5.69 Å². The van der Waals surface area contributed by atoms with Gasteiger partial charge in [0, 0.05) is 49.5 Å². The number of rotatable bonds is 6. The van der Waals surface area contributed by atoms with Crippen LogP contribution in [-0.4, -0.2) is 14.1 Å². The molecule has 9 heteroatoms. The predicted octanol–water partition coefficient (Wildman–Crippen LogP) is 2.08. The zero-order chi connectivity index (χ0) is 25.3. The first kappa shape index (κ1) is 23.6. The molecule has 9 nitrogen and oxygen atoms in total. The van der Waals surface area contributed by atoms with Crippen molar-refractivity contribution in [1.82, 2.24) is 9.13 Å². The molecule has 0 saturated heterocycles. The molecule has 2 aromatic heterocycles. The van der Waals surface area contributed by atoms with Gasteiger partial charge in [-0.1, -0.05) is 35.9 Å². The highest BCUT2D eigenvalue weighted by Crippen LogP contribution is 2.38. The molecule has 2 heterocycles. The van der Waals surface area contributed by atoms with Gasteiger partial charge in [0.1, 0.15) is 0 Å². The Labute approximate surface area is 200 Å². The minimum Gasteiger partial charge on any atom is -0.860 e. The van der Waals surface area contributed by atoms with Crippen LogP contribution in [0.4, 0.5) is 5.69 Å². The third kappa shape index (κ3) is 4.35. The van der Waals surface area contributed by atoms with Crippen LogP contribution < -0.4 is 20.9 Å². The molecule has 0 aliphatic heterocycles. The standard InChI is InChI=1S/C26H24N4O5/c1-17-7-9-18(10-8-17)21(22-24(31)27(2)26(33)28(3)25(22)32)23(29-15-5-4-6-16-29)19-11-13-20(14-12-19)30(34)35/h4-16,21,23H,1-3H3. The second kappa shape index (κ2) is 9.38. The molecule has 0 N–H and O–H groups in total. The Kier molecular flexibility index (Phi) is 6.33. The monoisotopic (exact) mass is 472 g/mol. The van der Waals surface area contributed by atoms with Gasteiger partial charge in [-0.15, -0.1) is 0 Å². The molecule has 0 spiro atoms. The van der Waals surface area contributed by atoms with E-state index < -0.39 is 34.0 Å². The van der Waals surface area contributed by atoms with Crippen LogP contribution in [0.25, 0.3) is 0 Å². The highest BCUT2D eigenvalue weighted by Gasteiger charge is 2.37. The molecule has 178 valence electrons. The van der Waals surface area contributed by atoms with E-state index in [0.29, 0.717) is 11.1 Å². The SMILES string of the molecule is Cc1ccc(C(c2c([O-])n(C)c(=O)n(C)c2=O)C(c2ccc([N+](=O)[O-])cc2)[n+]2ccccc2)cc1. The molecule has 4 rings (SSSR count). The van der Waals surface area contributed by atoms with Crippen molar-refractivity contribution < 1.29 is 14.6 Å². The summed E-state index contributed by atoms with van der Waals surface area (Å²) in [6.07, 6.45) is 3.62. The average Bonchev–Trinajstić information content (AvgIpc) is 2.87. The van der Waals surface area contributed by atoms with Crippen LogP contribution in [0.3, 0.4) is 0 Å². The lowest BCUT2D eigenvalue weighted by Gasteiger charge is -2.29. The third-order valence-electron chi connectivity index (χ3n) is 6.21. The van der Waals surface area contributed by atoms with Gasteiger partial charge in [-0.2, -0.15) is 4.57 Å². The zero-order valence-electron chi connectivity index (χ0n) is 19.5. The Hall–Kier alpha value is -4.53. The molecule has 0 aliphatic carbocycles. The van der Waals surface area contributed by atoms with Crippen molar-refractivity contribution in [2.45, 2.75) is 18.9 Å². The largest absolute Gasteiger partial charge is 0.860 e. The summed E-state index contributed by atoms with van der Waals surface area (Å²) in [6.45, 7) is 1.93. The number of nitro benzene ring substituents is 1. The van der Waals surface area contributed by atoms with Crippen LogP contribution >= 0.6 is 0 Å². The lowest BCUT2D eigenvalue weighted by atomic mass is 9.81. The molecule has 2 atom stereocenters. The second-order valence-electron chi connectivity index (χ2n) is 8.43. The van der Waals surface area contributed by atoms with E-state index in [2.05, 4.69) is 0 Å². The van der Waals surface area contributed by atoms with Crippen LogP contribution in [0.1, 0.15) is 34.2 Å². The van der Waals surface area contributed by atoms with Crippen LogP contribution in [0, 0.1) is 17.0 Å². The molecule has 4 aromatic rings. The molecule has 0 saturated carbocycles. The highest BCUT2D eigenvalue weighted by atomic mass is 16.6. The number of hydrogen-bond acceptors (Lipinski definition) is 5. The highest BCUT2D eigenvalue weighted by molar-refractivity contribution is 5.42. The van der Waals surface area contributed by atoms with Crippen LogP contribution in [0.5, 0.6) is 5.88 Å². The summed E-state index contributed by atoms with van der Waals surface area (Å²) in [5, 5.41) is 24.6. The molecule has 0 amide bonds. The number of aromatic nitrogens is 3. The summed E-state index contributed by atoms with van der Waals surface area (Å²) in [5.41, 5.74) is 0.856. The van der Waals surface area contributed by atoms with E-state index in [1.165, 1.54) is 26.2 Å². The first-order valence-corrected chi connectivity index (χ1v) is 10.9. The van der Waals surface area contributed by atoms with Gasteiger partial charge in [0.15, 0.2) is 18.4 Å². The minimum atomic E-state index is -0.789. The summed E-state index contributed by atoms with van der Waals surface area (Å²) in [6, 6.07) is 18.4. The van der Waals surface area contributed by atoms with E-state index in [1.807, 2.05) is 66.3 Å². The topological polar surface area (TPSA) is 114 Å². The van der Waals surface area contributed by atoms with Crippen molar-refractivity contribution in [3.63, 3.8) is 0 Å². The maximum atomic E-state index is 13.4. The smallest absolute Gasteiger partial charge is 0.329 e. The fraction of sp³-hybridized carbons (Fsp3) is 0.192. The molecule has 35 heavy (non-hydrogen) atoms. The molecule has 0 fully saturated rings. The molecule has 0 aliphatic rings. The Balaban J connectivity index is 2.08. The molecule has 2 aromatic carbocycles. The Morgan fingerprint density at radius 1 is 0.857 bits per heavy atom. The summed E-state index contributed by atoms with van der Waals surface area (Å²) in [4.78, 5) is 36.6. The zero-order valence-corrected chi connectivity index (χ0v) is 19.5. The summed E-state index contributed by atoms with van der Waals surface area (Å²) < 4.78 is 3.72. The first-order chi connectivity index (χ1) is 16.7. The molecular formula is C26H24N4O5. The van der Waals surface area contributed by atoms with E-state index in [9.17, 15) is 24.8 Å². The average molecular weight is 473 g/mol. The van der Waals surface area contributed by atoms with Gasteiger partial charge < -0.3 is 9.67 Å². The molecular weight excluding hydrogens is 448 g/mol. The fourth-order valence-electron chi connectivity index (χ4n) is 4.33. The summed E-state index contributed by atoms with van der Waals surface area (Å²) in [5.74, 6) is -1.46. The lowest BCUT2D eigenvalue weighted by Crippen LogP contribution is -2.47. The number of nitro groups is 1. The third-order valence-corrected chi connectivity index (χ3v) is 6.21. The van der Waals surface area contributed by atoms with Gasteiger partial charge in [-0.25, -0.2) is 4.79 Å². The van der Waals surface area contributed by atoms with Gasteiger partial charge in [-0.05, 0) is 30.5 Å². The Morgan fingerprint density at radius 3 is 2.00 bits per heavy atom. The van der Waals surface area contributed by atoms with Crippen molar-refractivity contribution in [2.75, 3.05) is 0 Å². The summed E-state index contributed by atoms with van der Waals surface area (Å²) in [7, 11) is 2.69. The van der Waals surface area contributed by atoms with Crippen molar-refractivity contribution >= 4 is 5.69 Å². The maximum absolute atomic E-state index is 13.4. The number of benzene rings is 2. The number of non-ortho nitro benzene ring substituents is 1. The van der Waals surface area contributed by atoms with Gasteiger partial charge in [0.2, 0.25) is 0 Å². The number of nitrogens with zero attached hydrogens (tertiary/aromatic N) is 4. The van der Waals surface area contributed by atoms with Crippen molar-refractivity contribution in [2.24, 2.45) is 14.1 Å². The van der Waals surface area contributed by atoms with Crippen molar-refractivity contribution in [3.8, 4) is 5.88 Å². The predicted molar refractivity (Wildman–Crippen MR) is 127 cm³/mol. The number of pyridine rings is 1. The van der Waals surface area contributed by atoms with Gasteiger partial charge in [0.25, 0.3) is 11.2 Å².